The maximum Gasteiger partial charge on any atom is 0.416 e. The van der Waals surface area contributed by atoms with E-state index in [-0.39, 0.29) is 30.0 Å². The van der Waals surface area contributed by atoms with Gasteiger partial charge in [0.25, 0.3) is 0 Å². The first-order valence-corrected chi connectivity index (χ1v) is 9.37. The van der Waals surface area contributed by atoms with Crippen LogP contribution < -0.4 is 14.4 Å². The van der Waals surface area contributed by atoms with Crippen LogP contribution >= 0.6 is 0 Å². The van der Waals surface area contributed by atoms with Crippen LogP contribution in [0.25, 0.3) is 0 Å². The van der Waals surface area contributed by atoms with Gasteiger partial charge in [-0.2, -0.15) is 13.2 Å². The third-order valence-electron chi connectivity index (χ3n) is 5.36. The first-order valence-electron chi connectivity index (χ1n) is 9.37. The molecule has 0 radical (unpaired) electrons. The largest absolute Gasteiger partial charge is 0.493 e. The van der Waals surface area contributed by atoms with Gasteiger partial charge in [-0.15, -0.1) is 0 Å². The monoisotopic (exact) mass is 433 g/mol. The van der Waals surface area contributed by atoms with Crippen LogP contribution in [-0.4, -0.2) is 32.7 Å². The van der Waals surface area contributed by atoms with Gasteiger partial charge in [-0.1, -0.05) is 12.1 Å². The molecule has 0 N–H and O–H groups in total. The van der Waals surface area contributed by atoms with Crippen molar-refractivity contribution in [3.05, 3.63) is 64.9 Å². The Labute approximate surface area is 175 Å². The highest BCUT2D eigenvalue weighted by Gasteiger charge is 2.43. The van der Waals surface area contributed by atoms with Crippen molar-refractivity contribution < 1.29 is 37.0 Å². The topological polar surface area (TPSA) is 65.1 Å². The summed E-state index contributed by atoms with van der Waals surface area (Å²) < 4.78 is 55.2. The lowest BCUT2D eigenvalue weighted by molar-refractivity contribution is -0.138. The van der Waals surface area contributed by atoms with Gasteiger partial charge in [-0.3, -0.25) is 9.69 Å². The van der Waals surface area contributed by atoms with Gasteiger partial charge >= 0.3 is 12.1 Å². The molecule has 0 saturated heterocycles. The Morgan fingerprint density at radius 2 is 1.77 bits per heavy atom. The van der Waals surface area contributed by atoms with Crippen molar-refractivity contribution in [1.29, 1.82) is 0 Å². The lowest BCUT2D eigenvalue weighted by Crippen LogP contribution is -2.37. The number of carbonyl (C=O) groups is 2. The van der Waals surface area contributed by atoms with E-state index in [1.807, 2.05) is 0 Å². The zero-order valence-corrected chi connectivity index (χ0v) is 16.7. The Morgan fingerprint density at radius 1 is 1.03 bits per heavy atom. The fraction of sp³-hybridized carbons (Fsp3) is 0.273. The number of methoxy groups -OCH3 is 2. The third-order valence-corrected chi connectivity index (χ3v) is 5.36. The second kappa shape index (κ2) is 7.64. The molecule has 162 valence electrons. The molecule has 1 atom stereocenters. The summed E-state index contributed by atoms with van der Waals surface area (Å²) in [6, 6.07) is 9.50. The van der Waals surface area contributed by atoms with Crippen molar-refractivity contribution in [2.75, 3.05) is 25.7 Å². The standard InChI is InChI=1S/C22H18F3NO5/c1-29-17-7-6-12(8-18(17)30-2)15-10-19(27)26(16-11-31-21(28)20(15)16)14-5-3-4-13(9-14)22(23,24)25/h3-9,15H,10-11H2,1-2H3/t15-/m1/s1. The molecule has 0 aliphatic carbocycles. The molecule has 0 unspecified atom stereocenters. The molecule has 0 bridgehead atoms. The maximum atomic E-state index is 13.2. The number of halogens is 3. The third kappa shape index (κ3) is 3.60. The average molecular weight is 433 g/mol. The van der Waals surface area contributed by atoms with Gasteiger partial charge in [-0.25, -0.2) is 4.79 Å². The molecule has 0 saturated carbocycles. The van der Waals surface area contributed by atoms with Crippen LogP contribution in [0.2, 0.25) is 0 Å². The zero-order valence-electron chi connectivity index (χ0n) is 16.7. The molecule has 31 heavy (non-hydrogen) atoms. The van der Waals surface area contributed by atoms with Crippen molar-refractivity contribution in [2.45, 2.75) is 18.5 Å². The number of cyclic esters (lactones) is 1. The van der Waals surface area contributed by atoms with E-state index in [0.29, 0.717) is 17.1 Å². The molecule has 9 heteroatoms. The van der Waals surface area contributed by atoms with Crippen molar-refractivity contribution in [3.8, 4) is 11.5 Å². The summed E-state index contributed by atoms with van der Waals surface area (Å²) in [6.45, 7) is -0.195. The van der Waals surface area contributed by atoms with E-state index in [9.17, 15) is 22.8 Å². The SMILES string of the molecule is COc1ccc([C@H]2CC(=O)N(c3cccc(C(F)(F)F)c3)C3=C2C(=O)OC3)cc1OC. The first kappa shape index (κ1) is 20.8. The predicted molar refractivity (Wildman–Crippen MR) is 104 cm³/mol. The molecule has 2 aliphatic rings. The smallest absolute Gasteiger partial charge is 0.416 e. The van der Waals surface area contributed by atoms with Gasteiger partial charge in [0.05, 0.1) is 31.1 Å². The summed E-state index contributed by atoms with van der Waals surface area (Å²) in [5.74, 6) is -0.724. The Balaban J connectivity index is 1.80. The number of amides is 1. The summed E-state index contributed by atoms with van der Waals surface area (Å²) in [6.07, 6.45) is -4.67. The number of anilines is 1. The van der Waals surface area contributed by atoms with E-state index in [2.05, 4.69) is 0 Å². The van der Waals surface area contributed by atoms with Crippen LogP contribution in [0.3, 0.4) is 0 Å². The number of esters is 1. The van der Waals surface area contributed by atoms with Crippen molar-refractivity contribution in [2.24, 2.45) is 0 Å². The number of alkyl halides is 3. The lowest BCUT2D eigenvalue weighted by Gasteiger charge is -2.32. The summed E-state index contributed by atoms with van der Waals surface area (Å²) >= 11 is 0. The molecule has 0 aromatic heterocycles. The molecule has 1 amide bonds. The minimum Gasteiger partial charge on any atom is -0.493 e. The molecule has 2 aromatic carbocycles. The molecule has 2 heterocycles. The number of nitrogens with zero attached hydrogens (tertiary/aromatic N) is 1. The Hall–Kier alpha value is -3.49. The van der Waals surface area contributed by atoms with Gasteiger partial charge in [0.1, 0.15) is 6.61 Å². The zero-order chi connectivity index (χ0) is 22.3. The summed E-state index contributed by atoms with van der Waals surface area (Å²) in [7, 11) is 2.96. The highest BCUT2D eigenvalue weighted by molar-refractivity contribution is 6.06. The minimum absolute atomic E-state index is 0.0383. The first-order chi connectivity index (χ1) is 14.7. The highest BCUT2D eigenvalue weighted by Crippen LogP contribution is 2.44. The van der Waals surface area contributed by atoms with Gasteiger partial charge < -0.3 is 14.2 Å². The predicted octanol–water partition coefficient (Wildman–Crippen LogP) is 4.05. The number of ether oxygens (including phenoxy) is 3. The number of hydrogen-bond acceptors (Lipinski definition) is 5. The van der Waals surface area contributed by atoms with Crippen LogP contribution in [0.4, 0.5) is 18.9 Å². The second-order valence-corrected chi connectivity index (χ2v) is 7.08. The maximum absolute atomic E-state index is 13.2. The highest BCUT2D eigenvalue weighted by atomic mass is 19.4. The van der Waals surface area contributed by atoms with Gasteiger partial charge in [-0.05, 0) is 35.9 Å². The fourth-order valence-corrected chi connectivity index (χ4v) is 3.93. The number of carbonyl (C=O) groups excluding carboxylic acids is 2. The molecule has 0 spiro atoms. The molecule has 4 rings (SSSR count). The Morgan fingerprint density at radius 3 is 2.45 bits per heavy atom. The summed E-state index contributed by atoms with van der Waals surface area (Å²) in [4.78, 5) is 26.7. The lowest BCUT2D eigenvalue weighted by atomic mass is 9.84. The van der Waals surface area contributed by atoms with Gasteiger partial charge in [0, 0.05) is 18.0 Å². The van der Waals surface area contributed by atoms with E-state index in [4.69, 9.17) is 14.2 Å². The van der Waals surface area contributed by atoms with E-state index in [1.54, 1.807) is 18.2 Å². The number of rotatable bonds is 4. The summed E-state index contributed by atoms with van der Waals surface area (Å²) in [5.41, 5.74) is 0.300. The van der Waals surface area contributed by atoms with Crippen molar-refractivity contribution in [3.63, 3.8) is 0 Å². The molecular weight excluding hydrogens is 415 g/mol. The van der Waals surface area contributed by atoms with E-state index in [0.717, 1.165) is 17.0 Å². The molecule has 0 fully saturated rings. The van der Waals surface area contributed by atoms with Gasteiger partial charge in [0.2, 0.25) is 5.91 Å². The quantitative estimate of drug-likeness (QED) is 0.681. The molecule has 2 aromatic rings. The number of hydrogen-bond donors (Lipinski definition) is 0. The summed E-state index contributed by atoms with van der Waals surface area (Å²) in [5, 5.41) is 0. The molecule has 6 nitrogen and oxygen atoms in total. The second-order valence-electron chi connectivity index (χ2n) is 7.08. The Kier molecular flexibility index (Phi) is 5.12. The van der Waals surface area contributed by atoms with Gasteiger partial charge in [0.15, 0.2) is 11.5 Å². The average Bonchev–Trinajstić information content (AvgIpc) is 3.13. The molecular formula is C22H18F3NO5. The van der Waals surface area contributed by atoms with Crippen molar-refractivity contribution >= 4 is 17.6 Å². The van der Waals surface area contributed by atoms with Crippen molar-refractivity contribution in [1.82, 2.24) is 0 Å². The van der Waals surface area contributed by atoms with E-state index in [1.165, 1.54) is 26.4 Å². The normalized spacial score (nSPS) is 18.7. The number of benzene rings is 2. The van der Waals surface area contributed by atoms with E-state index >= 15 is 0 Å². The van der Waals surface area contributed by atoms with Crippen LogP contribution in [0, 0.1) is 0 Å². The van der Waals surface area contributed by atoms with Crippen LogP contribution in [0.1, 0.15) is 23.5 Å². The minimum atomic E-state index is -4.56. The molecule has 2 aliphatic heterocycles. The van der Waals surface area contributed by atoms with Crippen LogP contribution in [-0.2, 0) is 20.5 Å². The van der Waals surface area contributed by atoms with E-state index < -0.39 is 29.5 Å². The fourth-order valence-electron chi connectivity index (χ4n) is 3.93. The Bertz CT molecular complexity index is 1090. The van der Waals surface area contributed by atoms with Crippen LogP contribution in [0.5, 0.6) is 11.5 Å². The van der Waals surface area contributed by atoms with Crippen LogP contribution in [0.15, 0.2) is 53.7 Å².